The Morgan fingerprint density at radius 1 is 1.44 bits per heavy atom. The largest absolute Gasteiger partial charge is 0.353 e. The number of aromatic nitrogens is 2. The summed E-state index contributed by atoms with van der Waals surface area (Å²) in [5, 5.41) is 4.18. The quantitative estimate of drug-likeness (QED) is 0.896. The smallest absolute Gasteiger partial charge is 0.147 e. The van der Waals surface area contributed by atoms with Crippen LogP contribution in [0.2, 0.25) is 0 Å². The van der Waals surface area contributed by atoms with Gasteiger partial charge in [0, 0.05) is 42.9 Å². The maximum atomic E-state index is 4.72. The van der Waals surface area contributed by atoms with E-state index < -0.39 is 0 Å². The molecular weight excluding hydrogens is 244 g/mol. The molecule has 1 aromatic rings. The molecule has 18 heavy (non-hydrogen) atoms. The van der Waals surface area contributed by atoms with Gasteiger partial charge < -0.3 is 10.2 Å². The zero-order valence-electron chi connectivity index (χ0n) is 10.8. The van der Waals surface area contributed by atoms with Crippen LogP contribution in [0.3, 0.4) is 0 Å². The molecule has 0 spiro atoms. The first kappa shape index (κ1) is 12.2. The molecule has 4 nitrogen and oxygen atoms in total. The molecule has 0 radical (unpaired) electrons. The molecule has 3 rings (SSSR count). The van der Waals surface area contributed by atoms with E-state index in [0.29, 0.717) is 5.25 Å². The van der Waals surface area contributed by atoms with E-state index >= 15 is 0 Å². The van der Waals surface area contributed by atoms with E-state index in [1.165, 1.54) is 18.6 Å². The van der Waals surface area contributed by atoms with Gasteiger partial charge in [-0.05, 0) is 12.8 Å². The molecule has 1 saturated heterocycles. The Morgan fingerprint density at radius 3 is 3.11 bits per heavy atom. The Hall–Kier alpha value is -0.810. The molecule has 2 aliphatic rings. The third kappa shape index (κ3) is 3.14. The van der Waals surface area contributed by atoms with Crippen molar-refractivity contribution in [2.24, 2.45) is 0 Å². The van der Waals surface area contributed by atoms with Crippen molar-refractivity contribution < 1.29 is 0 Å². The SMILES string of the molecule is CC1CN(c2cncc(CNC3CC3)n2)CCS1. The summed E-state index contributed by atoms with van der Waals surface area (Å²) in [6.07, 6.45) is 6.40. The third-order valence-electron chi connectivity index (χ3n) is 3.39. The van der Waals surface area contributed by atoms with Crippen LogP contribution >= 0.6 is 11.8 Å². The lowest BCUT2D eigenvalue weighted by atomic mass is 10.3. The van der Waals surface area contributed by atoms with Crippen molar-refractivity contribution in [2.75, 3.05) is 23.7 Å². The highest BCUT2D eigenvalue weighted by molar-refractivity contribution is 8.00. The minimum absolute atomic E-state index is 0.689. The average molecular weight is 264 g/mol. The fourth-order valence-electron chi connectivity index (χ4n) is 2.20. The van der Waals surface area contributed by atoms with E-state index in [4.69, 9.17) is 4.98 Å². The number of thioether (sulfide) groups is 1. The number of hydrogen-bond donors (Lipinski definition) is 1. The highest BCUT2D eigenvalue weighted by Gasteiger charge is 2.21. The van der Waals surface area contributed by atoms with Gasteiger partial charge in [-0.1, -0.05) is 6.92 Å². The summed E-state index contributed by atoms with van der Waals surface area (Å²) < 4.78 is 0. The van der Waals surface area contributed by atoms with Gasteiger partial charge in [0.05, 0.1) is 11.9 Å². The summed E-state index contributed by atoms with van der Waals surface area (Å²) in [5.41, 5.74) is 1.06. The Morgan fingerprint density at radius 2 is 2.33 bits per heavy atom. The van der Waals surface area contributed by atoms with Crippen LogP contribution in [0.1, 0.15) is 25.5 Å². The van der Waals surface area contributed by atoms with Crippen LogP contribution in [-0.4, -0.2) is 40.1 Å². The lowest BCUT2D eigenvalue weighted by Crippen LogP contribution is -2.37. The van der Waals surface area contributed by atoms with Gasteiger partial charge in [-0.2, -0.15) is 11.8 Å². The summed E-state index contributed by atoms with van der Waals surface area (Å²) in [4.78, 5) is 11.4. The van der Waals surface area contributed by atoms with Crippen LogP contribution in [0.15, 0.2) is 12.4 Å². The molecule has 1 N–H and O–H groups in total. The van der Waals surface area contributed by atoms with Gasteiger partial charge in [0.25, 0.3) is 0 Å². The first-order valence-corrected chi connectivity index (χ1v) is 7.77. The van der Waals surface area contributed by atoms with Crippen LogP contribution in [0.5, 0.6) is 0 Å². The number of nitrogens with one attached hydrogen (secondary N) is 1. The number of rotatable bonds is 4. The van der Waals surface area contributed by atoms with E-state index in [0.717, 1.165) is 37.2 Å². The first-order valence-electron chi connectivity index (χ1n) is 6.72. The molecule has 0 bridgehead atoms. The third-order valence-corrected chi connectivity index (χ3v) is 4.52. The fourth-order valence-corrected chi connectivity index (χ4v) is 3.21. The lowest BCUT2D eigenvalue weighted by molar-refractivity contribution is 0.668. The predicted molar refractivity (Wildman–Crippen MR) is 76.0 cm³/mol. The molecular formula is C13H20N4S. The van der Waals surface area contributed by atoms with Crippen LogP contribution in [-0.2, 0) is 6.54 Å². The second kappa shape index (κ2) is 5.45. The topological polar surface area (TPSA) is 41.1 Å². The van der Waals surface area contributed by atoms with Gasteiger partial charge in [-0.15, -0.1) is 0 Å². The van der Waals surface area contributed by atoms with Gasteiger partial charge in [-0.3, -0.25) is 4.98 Å². The molecule has 5 heteroatoms. The van der Waals surface area contributed by atoms with Gasteiger partial charge in [0.15, 0.2) is 0 Å². The van der Waals surface area contributed by atoms with Crippen molar-refractivity contribution in [3.63, 3.8) is 0 Å². The lowest BCUT2D eigenvalue weighted by Gasteiger charge is -2.31. The molecule has 1 aliphatic carbocycles. The molecule has 2 heterocycles. The minimum atomic E-state index is 0.689. The Bertz CT molecular complexity index is 408. The van der Waals surface area contributed by atoms with Crippen molar-refractivity contribution in [3.8, 4) is 0 Å². The summed E-state index contributed by atoms with van der Waals surface area (Å²) in [5.74, 6) is 2.23. The number of anilines is 1. The molecule has 1 unspecified atom stereocenters. The van der Waals surface area contributed by atoms with E-state index in [9.17, 15) is 0 Å². The van der Waals surface area contributed by atoms with E-state index in [-0.39, 0.29) is 0 Å². The van der Waals surface area contributed by atoms with Gasteiger partial charge in [-0.25, -0.2) is 4.98 Å². The average Bonchev–Trinajstić information content (AvgIpc) is 3.21. The van der Waals surface area contributed by atoms with Crippen molar-refractivity contribution in [1.82, 2.24) is 15.3 Å². The van der Waals surface area contributed by atoms with Gasteiger partial charge in [0.2, 0.25) is 0 Å². The van der Waals surface area contributed by atoms with Crippen LogP contribution in [0, 0.1) is 0 Å². The highest BCUT2D eigenvalue weighted by Crippen LogP contribution is 2.22. The first-order chi connectivity index (χ1) is 8.81. The Labute approximate surface area is 113 Å². The maximum absolute atomic E-state index is 4.72. The molecule has 2 fully saturated rings. The highest BCUT2D eigenvalue weighted by atomic mass is 32.2. The monoisotopic (exact) mass is 264 g/mol. The zero-order valence-corrected chi connectivity index (χ0v) is 11.6. The van der Waals surface area contributed by atoms with Crippen LogP contribution in [0.4, 0.5) is 5.82 Å². The van der Waals surface area contributed by atoms with Crippen LogP contribution < -0.4 is 10.2 Å². The zero-order chi connectivity index (χ0) is 12.4. The molecule has 98 valence electrons. The van der Waals surface area contributed by atoms with E-state index in [1.54, 1.807) is 0 Å². The Balaban J connectivity index is 1.65. The van der Waals surface area contributed by atoms with Crippen molar-refractivity contribution in [3.05, 3.63) is 18.1 Å². The molecule has 1 aromatic heterocycles. The van der Waals surface area contributed by atoms with Crippen molar-refractivity contribution >= 4 is 17.6 Å². The molecule has 1 saturated carbocycles. The van der Waals surface area contributed by atoms with Gasteiger partial charge >= 0.3 is 0 Å². The summed E-state index contributed by atoms with van der Waals surface area (Å²) >= 11 is 2.04. The molecule has 0 aromatic carbocycles. The molecule has 1 atom stereocenters. The number of hydrogen-bond acceptors (Lipinski definition) is 5. The second-order valence-corrected chi connectivity index (χ2v) is 6.70. The minimum Gasteiger partial charge on any atom is -0.353 e. The van der Waals surface area contributed by atoms with E-state index in [1.807, 2.05) is 24.2 Å². The summed E-state index contributed by atoms with van der Waals surface area (Å²) in [7, 11) is 0. The van der Waals surface area contributed by atoms with Crippen molar-refractivity contribution in [1.29, 1.82) is 0 Å². The Kier molecular flexibility index (Phi) is 3.70. The van der Waals surface area contributed by atoms with E-state index in [2.05, 4.69) is 22.1 Å². The normalized spacial score (nSPS) is 24.3. The van der Waals surface area contributed by atoms with Crippen LogP contribution in [0.25, 0.3) is 0 Å². The summed E-state index contributed by atoms with van der Waals surface area (Å²) in [6.45, 7) is 5.30. The predicted octanol–water partition coefficient (Wildman–Crippen LogP) is 1.67. The second-order valence-electron chi connectivity index (χ2n) is 5.15. The molecule has 1 aliphatic heterocycles. The number of nitrogens with zero attached hydrogens (tertiary/aromatic N) is 3. The maximum Gasteiger partial charge on any atom is 0.147 e. The summed E-state index contributed by atoms with van der Waals surface area (Å²) in [6, 6.07) is 0.724. The molecule has 0 amide bonds. The standard InChI is InChI=1S/C13H20N4S/c1-10-9-17(4-5-18-10)13-8-14-6-12(16-13)7-15-11-2-3-11/h6,8,10-11,15H,2-5,7,9H2,1H3. The van der Waals surface area contributed by atoms with Crippen molar-refractivity contribution in [2.45, 2.75) is 37.6 Å². The van der Waals surface area contributed by atoms with Gasteiger partial charge in [0.1, 0.15) is 5.82 Å². The fraction of sp³-hybridized carbons (Fsp3) is 0.692.